The fourth-order valence-corrected chi connectivity index (χ4v) is 2.44. The van der Waals surface area contributed by atoms with Crippen LogP contribution in [0, 0.1) is 0 Å². The molecule has 0 aliphatic carbocycles. The monoisotopic (exact) mass is 343 g/mol. The van der Waals surface area contributed by atoms with Gasteiger partial charge in [-0.1, -0.05) is 11.6 Å². The molecular weight excluding hydrogens is 322 g/mol. The van der Waals surface area contributed by atoms with Crippen LogP contribution in [0.1, 0.15) is 33.6 Å². The van der Waals surface area contributed by atoms with E-state index in [-0.39, 0.29) is 17.4 Å². The second-order valence-electron chi connectivity index (χ2n) is 6.29. The summed E-state index contributed by atoms with van der Waals surface area (Å²) < 4.78 is 16.4. The van der Waals surface area contributed by atoms with E-state index in [1.54, 1.807) is 4.90 Å². The second kappa shape index (κ2) is 7.21. The number of halogens is 1. The van der Waals surface area contributed by atoms with Crippen LogP contribution in [0.2, 0.25) is 5.15 Å². The van der Waals surface area contributed by atoms with Gasteiger partial charge >= 0.3 is 6.09 Å². The van der Waals surface area contributed by atoms with Crippen molar-refractivity contribution in [2.24, 2.45) is 0 Å². The number of aromatic nitrogens is 2. The van der Waals surface area contributed by atoms with E-state index in [1.807, 2.05) is 20.8 Å². The summed E-state index contributed by atoms with van der Waals surface area (Å²) in [6, 6.07) is 0. The first-order chi connectivity index (χ1) is 10.8. The molecule has 0 N–H and O–H groups in total. The molecule has 0 aromatic carbocycles. The van der Waals surface area contributed by atoms with Gasteiger partial charge < -0.3 is 19.1 Å². The van der Waals surface area contributed by atoms with Gasteiger partial charge in [-0.15, -0.1) is 0 Å². The smallest absolute Gasteiger partial charge is 0.410 e. The zero-order valence-electron chi connectivity index (χ0n) is 13.8. The van der Waals surface area contributed by atoms with Crippen molar-refractivity contribution < 1.29 is 19.0 Å². The first-order valence-electron chi connectivity index (χ1n) is 7.49. The van der Waals surface area contributed by atoms with Crippen molar-refractivity contribution in [1.29, 1.82) is 0 Å². The number of carbonyl (C=O) groups is 1. The lowest BCUT2D eigenvalue weighted by Gasteiger charge is -2.33. The van der Waals surface area contributed by atoms with E-state index in [0.29, 0.717) is 37.6 Å². The van der Waals surface area contributed by atoms with Gasteiger partial charge in [0.2, 0.25) is 5.75 Å². The topological polar surface area (TPSA) is 73.8 Å². The quantitative estimate of drug-likeness (QED) is 0.786. The number of amides is 1. The molecule has 0 bridgehead atoms. The Morgan fingerprint density at radius 1 is 1.30 bits per heavy atom. The number of rotatable bonds is 3. The van der Waals surface area contributed by atoms with Crippen LogP contribution in [0.3, 0.4) is 0 Å². The summed E-state index contributed by atoms with van der Waals surface area (Å²) in [7, 11) is 1.49. The van der Waals surface area contributed by atoms with Crippen molar-refractivity contribution in [3.05, 3.63) is 11.5 Å². The van der Waals surface area contributed by atoms with Gasteiger partial charge in [0.15, 0.2) is 5.15 Å². The molecule has 1 aliphatic rings. The average Bonchev–Trinajstić information content (AvgIpc) is 2.46. The Morgan fingerprint density at radius 3 is 2.52 bits per heavy atom. The van der Waals surface area contributed by atoms with Gasteiger partial charge in [0.05, 0.1) is 7.11 Å². The van der Waals surface area contributed by atoms with Crippen LogP contribution in [-0.2, 0) is 4.74 Å². The van der Waals surface area contributed by atoms with Gasteiger partial charge in [-0.25, -0.2) is 9.78 Å². The summed E-state index contributed by atoms with van der Waals surface area (Å²) in [4.78, 5) is 21.6. The SMILES string of the molecule is COc1c(Cl)ncnc1OC1CCN(C(=O)OC(C)(C)C)CC1. The minimum absolute atomic E-state index is 0.0615. The standard InChI is InChI=1S/C15H22ClN3O4/c1-15(2,3)23-14(20)19-7-5-10(6-8-19)22-13-11(21-4)12(16)17-9-18-13/h9-10H,5-8H2,1-4H3. The number of hydrogen-bond acceptors (Lipinski definition) is 6. The summed E-state index contributed by atoms with van der Waals surface area (Å²) in [6.45, 7) is 6.70. The fourth-order valence-electron chi connectivity index (χ4n) is 2.23. The molecule has 0 spiro atoms. The molecule has 1 amide bonds. The molecule has 128 valence electrons. The van der Waals surface area contributed by atoms with E-state index >= 15 is 0 Å². The molecule has 1 aromatic heterocycles. The third-order valence-corrected chi connectivity index (χ3v) is 3.57. The number of piperidine rings is 1. The molecule has 0 saturated carbocycles. The number of hydrogen-bond donors (Lipinski definition) is 0. The Balaban J connectivity index is 1.90. The maximum atomic E-state index is 12.0. The van der Waals surface area contributed by atoms with Gasteiger partial charge in [-0.3, -0.25) is 0 Å². The Labute approximate surface area is 140 Å². The van der Waals surface area contributed by atoms with Crippen LogP contribution in [0.4, 0.5) is 4.79 Å². The van der Waals surface area contributed by atoms with E-state index < -0.39 is 5.60 Å². The van der Waals surface area contributed by atoms with Crippen molar-refractivity contribution in [3.8, 4) is 11.6 Å². The highest BCUT2D eigenvalue weighted by Crippen LogP contribution is 2.32. The van der Waals surface area contributed by atoms with Gasteiger partial charge in [-0.2, -0.15) is 4.98 Å². The highest BCUT2D eigenvalue weighted by atomic mass is 35.5. The number of nitrogens with zero attached hydrogens (tertiary/aromatic N) is 3. The zero-order valence-corrected chi connectivity index (χ0v) is 14.6. The Hall–Kier alpha value is -1.76. The summed E-state index contributed by atoms with van der Waals surface area (Å²) in [5, 5.41) is 0.212. The largest absolute Gasteiger partial charge is 0.489 e. The van der Waals surface area contributed by atoms with Crippen LogP contribution < -0.4 is 9.47 Å². The maximum absolute atomic E-state index is 12.0. The van der Waals surface area contributed by atoms with E-state index in [9.17, 15) is 4.79 Å². The first-order valence-corrected chi connectivity index (χ1v) is 7.87. The minimum atomic E-state index is -0.491. The highest BCUT2D eigenvalue weighted by molar-refractivity contribution is 6.31. The van der Waals surface area contributed by atoms with E-state index in [1.165, 1.54) is 13.4 Å². The molecule has 0 radical (unpaired) electrons. The first kappa shape index (κ1) is 17.6. The lowest BCUT2D eigenvalue weighted by molar-refractivity contribution is 0.0120. The van der Waals surface area contributed by atoms with Crippen LogP contribution in [0.25, 0.3) is 0 Å². The Morgan fingerprint density at radius 2 is 1.96 bits per heavy atom. The normalized spacial score (nSPS) is 16.1. The molecule has 1 fully saturated rings. The number of methoxy groups -OCH3 is 1. The minimum Gasteiger partial charge on any atom is -0.489 e. The molecule has 8 heteroatoms. The van der Waals surface area contributed by atoms with Crippen molar-refractivity contribution in [3.63, 3.8) is 0 Å². The zero-order chi connectivity index (χ0) is 17.0. The molecule has 23 heavy (non-hydrogen) atoms. The summed E-state index contributed by atoms with van der Waals surface area (Å²) >= 11 is 5.95. The number of carbonyl (C=O) groups excluding carboxylic acids is 1. The van der Waals surface area contributed by atoms with E-state index in [0.717, 1.165) is 0 Å². The van der Waals surface area contributed by atoms with Gasteiger partial charge in [-0.05, 0) is 20.8 Å². The Bertz CT molecular complexity index is 554. The number of ether oxygens (including phenoxy) is 3. The van der Waals surface area contributed by atoms with Crippen LogP contribution in [0.5, 0.6) is 11.6 Å². The molecule has 7 nitrogen and oxygen atoms in total. The molecule has 1 aliphatic heterocycles. The van der Waals surface area contributed by atoms with Crippen molar-refractivity contribution in [2.75, 3.05) is 20.2 Å². The molecule has 2 rings (SSSR count). The molecule has 0 atom stereocenters. The summed E-state index contributed by atoms with van der Waals surface area (Å²) in [5.41, 5.74) is -0.491. The lowest BCUT2D eigenvalue weighted by Crippen LogP contribution is -2.44. The van der Waals surface area contributed by atoms with Crippen molar-refractivity contribution in [2.45, 2.75) is 45.3 Å². The van der Waals surface area contributed by atoms with Gasteiger partial charge in [0.1, 0.15) is 18.0 Å². The molecule has 0 unspecified atom stereocenters. The summed E-state index contributed by atoms with van der Waals surface area (Å²) in [5.74, 6) is 0.645. The maximum Gasteiger partial charge on any atom is 0.410 e. The fraction of sp³-hybridized carbons (Fsp3) is 0.667. The van der Waals surface area contributed by atoms with Gasteiger partial charge in [0.25, 0.3) is 5.88 Å². The molecule has 2 heterocycles. The van der Waals surface area contributed by atoms with Crippen LogP contribution in [-0.4, -0.2) is 52.9 Å². The Kier molecular flexibility index (Phi) is 5.51. The summed E-state index contributed by atoms with van der Waals surface area (Å²) in [6.07, 6.45) is 2.34. The highest BCUT2D eigenvalue weighted by Gasteiger charge is 2.28. The second-order valence-corrected chi connectivity index (χ2v) is 6.65. The molecular formula is C15H22ClN3O4. The predicted molar refractivity (Wildman–Crippen MR) is 85.1 cm³/mol. The average molecular weight is 344 g/mol. The van der Waals surface area contributed by atoms with Crippen molar-refractivity contribution in [1.82, 2.24) is 14.9 Å². The van der Waals surface area contributed by atoms with E-state index in [4.69, 9.17) is 25.8 Å². The predicted octanol–water partition coefficient (Wildman–Crippen LogP) is 2.92. The lowest BCUT2D eigenvalue weighted by atomic mass is 10.1. The van der Waals surface area contributed by atoms with Gasteiger partial charge in [0, 0.05) is 25.9 Å². The molecule has 1 saturated heterocycles. The number of likely N-dealkylation sites (tertiary alicyclic amines) is 1. The molecule has 1 aromatic rings. The van der Waals surface area contributed by atoms with Crippen LogP contribution >= 0.6 is 11.6 Å². The third-order valence-electron chi connectivity index (χ3n) is 3.30. The third kappa shape index (κ3) is 4.86. The van der Waals surface area contributed by atoms with Crippen LogP contribution in [0.15, 0.2) is 6.33 Å². The van der Waals surface area contributed by atoms with E-state index in [2.05, 4.69) is 9.97 Å². The van der Waals surface area contributed by atoms with Crippen molar-refractivity contribution >= 4 is 17.7 Å².